The second-order valence-corrected chi connectivity index (χ2v) is 7.22. The number of amides is 2. The first-order valence-electron chi connectivity index (χ1n) is 9.68. The van der Waals surface area contributed by atoms with Gasteiger partial charge in [-0.15, -0.1) is 0 Å². The SMILES string of the molecule is CC(C)COC(=O)c1ccc(NC(=O)COC(=O)c2ccc(NC(=O)C(F)(F)F)cc2)cc1. The molecule has 0 aliphatic rings. The number of nitrogens with one attached hydrogen (secondary N) is 2. The quantitative estimate of drug-likeness (QED) is 0.573. The second-order valence-electron chi connectivity index (χ2n) is 7.22. The van der Waals surface area contributed by atoms with E-state index in [4.69, 9.17) is 9.47 Å². The molecular weight excluding hydrogens is 445 g/mol. The highest BCUT2D eigenvalue weighted by Crippen LogP contribution is 2.19. The van der Waals surface area contributed by atoms with Crippen LogP contribution in [0.1, 0.15) is 34.6 Å². The zero-order valence-corrected chi connectivity index (χ0v) is 17.7. The summed E-state index contributed by atoms with van der Waals surface area (Å²) in [4.78, 5) is 46.7. The van der Waals surface area contributed by atoms with E-state index in [9.17, 15) is 32.3 Å². The Morgan fingerprint density at radius 1 is 0.788 bits per heavy atom. The minimum atomic E-state index is -5.04. The summed E-state index contributed by atoms with van der Waals surface area (Å²) in [6.07, 6.45) is -5.04. The number of halogens is 3. The first kappa shape index (κ1) is 25.4. The lowest BCUT2D eigenvalue weighted by Gasteiger charge is -2.10. The van der Waals surface area contributed by atoms with Gasteiger partial charge in [-0.2, -0.15) is 13.2 Å². The number of rotatable bonds is 8. The van der Waals surface area contributed by atoms with E-state index in [1.54, 1.807) is 5.32 Å². The van der Waals surface area contributed by atoms with E-state index in [2.05, 4.69) is 5.32 Å². The molecule has 2 aromatic rings. The van der Waals surface area contributed by atoms with Crippen molar-refractivity contribution in [2.45, 2.75) is 20.0 Å². The highest BCUT2D eigenvalue weighted by molar-refractivity contribution is 5.97. The summed E-state index contributed by atoms with van der Waals surface area (Å²) in [6, 6.07) is 10.4. The van der Waals surface area contributed by atoms with Gasteiger partial charge in [0.2, 0.25) is 0 Å². The zero-order chi connectivity index (χ0) is 24.6. The van der Waals surface area contributed by atoms with Crippen molar-refractivity contribution in [1.82, 2.24) is 0 Å². The largest absolute Gasteiger partial charge is 0.471 e. The molecule has 176 valence electrons. The molecule has 0 saturated heterocycles. The molecule has 0 unspecified atom stereocenters. The van der Waals surface area contributed by atoms with Crippen molar-refractivity contribution in [2.24, 2.45) is 5.92 Å². The minimum absolute atomic E-state index is 0.0305. The summed E-state index contributed by atoms with van der Waals surface area (Å²) in [5, 5.41) is 4.13. The monoisotopic (exact) mass is 466 g/mol. The van der Waals surface area contributed by atoms with Gasteiger partial charge < -0.3 is 20.1 Å². The van der Waals surface area contributed by atoms with Gasteiger partial charge in [-0.25, -0.2) is 9.59 Å². The Morgan fingerprint density at radius 2 is 1.24 bits per heavy atom. The number of ether oxygens (including phenoxy) is 2. The molecule has 0 aliphatic heterocycles. The normalized spacial score (nSPS) is 11.0. The van der Waals surface area contributed by atoms with Crippen LogP contribution in [-0.4, -0.2) is 43.1 Å². The molecule has 0 bridgehead atoms. The predicted octanol–water partition coefficient (Wildman–Crippen LogP) is 3.80. The maximum absolute atomic E-state index is 12.2. The lowest BCUT2D eigenvalue weighted by Crippen LogP contribution is -2.29. The van der Waals surface area contributed by atoms with Crippen molar-refractivity contribution in [3.8, 4) is 0 Å². The molecule has 0 radical (unpaired) electrons. The van der Waals surface area contributed by atoms with Gasteiger partial charge in [0.25, 0.3) is 5.91 Å². The Labute approximate surface area is 187 Å². The number of alkyl halides is 3. The average molecular weight is 466 g/mol. The molecule has 33 heavy (non-hydrogen) atoms. The van der Waals surface area contributed by atoms with Gasteiger partial charge in [-0.1, -0.05) is 13.8 Å². The molecule has 2 rings (SSSR count). The van der Waals surface area contributed by atoms with Crippen LogP contribution >= 0.6 is 0 Å². The summed E-state index contributed by atoms with van der Waals surface area (Å²) < 4.78 is 46.7. The van der Waals surface area contributed by atoms with Crippen LogP contribution in [0.25, 0.3) is 0 Å². The van der Waals surface area contributed by atoms with Crippen molar-refractivity contribution < 1.29 is 41.8 Å². The highest BCUT2D eigenvalue weighted by atomic mass is 19.4. The van der Waals surface area contributed by atoms with Gasteiger partial charge in [0.05, 0.1) is 17.7 Å². The van der Waals surface area contributed by atoms with E-state index in [1.165, 1.54) is 24.3 Å². The van der Waals surface area contributed by atoms with Crippen molar-refractivity contribution in [3.05, 3.63) is 59.7 Å². The van der Waals surface area contributed by atoms with Crippen molar-refractivity contribution in [2.75, 3.05) is 23.8 Å². The molecule has 2 amide bonds. The Kier molecular flexibility index (Phi) is 8.55. The molecule has 2 N–H and O–H groups in total. The number of anilines is 2. The first-order valence-corrected chi connectivity index (χ1v) is 9.68. The number of benzene rings is 2. The number of hydrogen-bond donors (Lipinski definition) is 2. The fraction of sp³-hybridized carbons (Fsp3) is 0.273. The Morgan fingerprint density at radius 3 is 1.70 bits per heavy atom. The van der Waals surface area contributed by atoms with Gasteiger partial charge in [0, 0.05) is 11.4 Å². The van der Waals surface area contributed by atoms with Crippen LogP contribution in [-0.2, 0) is 19.1 Å². The molecule has 2 aromatic carbocycles. The summed E-state index contributed by atoms with van der Waals surface area (Å²) in [5.74, 6) is -3.97. The van der Waals surface area contributed by atoms with Crippen molar-refractivity contribution in [3.63, 3.8) is 0 Å². The Hall–Kier alpha value is -3.89. The molecule has 0 aromatic heterocycles. The van der Waals surface area contributed by atoms with Gasteiger partial charge in [-0.3, -0.25) is 9.59 Å². The standard InChI is InChI=1S/C22H21F3N2O6/c1-13(2)11-32-19(29)14-3-7-16(8-4-14)26-18(28)12-33-20(30)15-5-9-17(10-6-15)27-21(31)22(23,24)25/h3-10,13H,11-12H2,1-2H3,(H,26,28)(H,27,31). The fourth-order valence-corrected chi connectivity index (χ4v) is 2.32. The molecule has 0 spiro atoms. The van der Waals surface area contributed by atoms with Gasteiger partial charge in [0.15, 0.2) is 6.61 Å². The topological polar surface area (TPSA) is 111 Å². The molecule has 0 fully saturated rings. The van der Waals surface area contributed by atoms with E-state index >= 15 is 0 Å². The lowest BCUT2D eigenvalue weighted by molar-refractivity contribution is -0.167. The van der Waals surface area contributed by atoms with Crippen LogP contribution in [0.3, 0.4) is 0 Å². The lowest BCUT2D eigenvalue weighted by atomic mass is 10.2. The molecule has 0 aliphatic carbocycles. The number of hydrogen-bond acceptors (Lipinski definition) is 6. The maximum Gasteiger partial charge on any atom is 0.471 e. The van der Waals surface area contributed by atoms with Gasteiger partial charge in [-0.05, 0) is 54.4 Å². The summed E-state index contributed by atoms with van der Waals surface area (Å²) >= 11 is 0. The van der Waals surface area contributed by atoms with Crippen molar-refractivity contribution >= 4 is 35.1 Å². The number of esters is 2. The van der Waals surface area contributed by atoms with Gasteiger partial charge in [0.1, 0.15) is 0 Å². The molecule has 0 heterocycles. The maximum atomic E-state index is 12.2. The smallest absolute Gasteiger partial charge is 0.462 e. The number of carbonyl (C=O) groups is 4. The molecule has 8 nitrogen and oxygen atoms in total. The van der Waals surface area contributed by atoms with Crippen LogP contribution in [0, 0.1) is 5.92 Å². The Balaban J connectivity index is 1.82. The Bertz CT molecular complexity index is 1000. The predicted molar refractivity (Wildman–Crippen MR) is 112 cm³/mol. The first-order chi connectivity index (χ1) is 15.5. The molecule has 0 saturated carbocycles. The average Bonchev–Trinajstić information content (AvgIpc) is 2.76. The highest BCUT2D eigenvalue weighted by Gasteiger charge is 2.38. The summed E-state index contributed by atoms with van der Waals surface area (Å²) in [5.41, 5.74) is 0.483. The van der Waals surface area contributed by atoms with E-state index in [0.29, 0.717) is 11.3 Å². The summed E-state index contributed by atoms with van der Waals surface area (Å²) in [6.45, 7) is 3.48. The molecule has 11 heteroatoms. The van der Waals surface area contributed by atoms with Crippen LogP contribution in [0.4, 0.5) is 24.5 Å². The zero-order valence-electron chi connectivity index (χ0n) is 17.7. The molecule has 0 atom stereocenters. The fourth-order valence-electron chi connectivity index (χ4n) is 2.32. The molecular formula is C22H21F3N2O6. The van der Waals surface area contributed by atoms with Crippen LogP contribution in [0.15, 0.2) is 48.5 Å². The summed E-state index contributed by atoms with van der Waals surface area (Å²) in [7, 11) is 0. The van der Waals surface area contributed by atoms with Gasteiger partial charge >= 0.3 is 24.0 Å². The third kappa shape index (κ3) is 8.28. The van der Waals surface area contributed by atoms with Crippen LogP contribution < -0.4 is 10.6 Å². The van der Waals surface area contributed by atoms with E-state index in [1.807, 2.05) is 13.8 Å². The van der Waals surface area contributed by atoms with E-state index in [-0.39, 0.29) is 23.8 Å². The van der Waals surface area contributed by atoms with Crippen LogP contribution in [0.2, 0.25) is 0 Å². The minimum Gasteiger partial charge on any atom is -0.462 e. The third-order valence-corrected chi connectivity index (χ3v) is 3.92. The third-order valence-electron chi connectivity index (χ3n) is 3.92. The number of carbonyl (C=O) groups excluding carboxylic acids is 4. The second kappa shape index (κ2) is 11.1. The van der Waals surface area contributed by atoms with E-state index < -0.39 is 36.5 Å². The van der Waals surface area contributed by atoms with E-state index in [0.717, 1.165) is 24.3 Å². The van der Waals surface area contributed by atoms with Crippen LogP contribution in [0.5, 0.6) is 0 Å². The van der Waals surface area contributed by atoms with Crippen molar-refractivity contribution in [1.29, 1.82) is 0 Å².